The lowest BCUT2D eigenvalue weighted by Gasteiger charge is -2.03. The van der Waals surface area contributed by atoms with E-state index in [0.717, 1.165) is 0 Å². The van der Waals surface area contributed by atoms with Gasteiger partial charge in [-0.3, -0.25) is 14.3 Å². The molecule has 0 saturated carbocycles. The Kier molecular flexibility index (Phi) is 4.94. The predicted molar refractivity (Wildman–Crippen MR) is 78.3 cm³/mol. The van der Waals surface area contributed by atoms with Crippen LogP contribution in [0.2, 0.25) is 5.02 Å². The normalized spacial score (nSPS) is 10.2. The standard InChI is InChI=1S/C14H14ClN3O3/c1-2-21-13(19)9-18-8-7-12(17-18)16-14(20)10-3-5-11(15)6-4-10/h3-8H,2,9H2,1H3,(H,16,17,20). The second-order valence-electron chi connectivity index (χ2n) is 4.16. The van der Waals surface area contributed by atoms with Crippen LogP contribution >= 0.6 is 11.6 Å². The second kappa shape index (κ2) is 6.90. The molecule has 21 heavy (non-hydrogen) atoms. The zero-order chi connectivity index (χ0) is 15.2. The second-order valence-corrected chi connectivity index (χ2v) is 4.60. The first-order valence-corrected chi connectivity index (χ1v) is 6.72. The summed E-state index contributed by atoms with van der Waals surface area (Å²) in [7, 11) is 0. The Balaban J connectivity index is 1.97. The third kappa shape index (κ3) is 4.32. The Morgan fingerprint density at radius 1 is 1.29 bits per heavy atom. The van der Waals surface area contributed by atoms with Crippen LogP contribution in [0.25, 0.3) is 0 Å². The van der Waals surface area contributed by atoms with Crippen molar-refractivity contribution >= 4 is 29.3 Å². The van der Waals surface area contributed by atoms with Crippen LogP contribution in [-0.2, 0) is 16.1 Å². The van der Waals surface area contributed by atoms with E-state index in [9.17, 15) is 9.59 Å². The third-order valence-electron chi connectivity index (χ3n) is 2.59. The van der Waals surface area contributed by atoms with E-state index in [4.69, 9.17) is 16.3 Å². The summed E-state index contributed by atoms with van der Waals surface area (Å²) < 4.78 is 6.22. The topological polar surface area (TPSA) is 73.2 Å². The largest absolute Gasteiger partial charge is 0.465 e. The molecule has 1 amide bonds. The third-order valence-corrected chi connectivity index (χ3v) is 2.84. The van der Waals surface area contributed by atoms with E-state index in [1.807, 2.05) is 0 Å². The Hall–Kier alpha value is -2.34. The van der Waals surface area contributed by atoms with Gasteiger partial charge in [0.15, 0.2) is 5.82 Å². The molecule has 2 rings (SSSR count). The summed E-state index contributed by atoms with van der Waals surface area (Å²) in [6.45, 7) is 2.06. The summed E-state index contributed by atoms with van der Waals surface area (Å²) in [4.78, 5) is 23.3. The van der Waals surface area contributed by atoms with E-state index in [-0.39, 0.29) is 18.4 Å². The minimum absolute atomic E-state index is 0.00462. The maximum Gasteiger partial charge on any atom is 0.327 e. The minimum atomic E-state index is -0.379. The molecule has 0 bridgehead atoms. The van der Waals surface area contributed by atoms with Crippen molar-refractivity contribution in [2.75, 3.05) is 11.9 Å². The smallest absolute Gasteiger partial charge is 0.327 e. The zero-order valence-electron chi connectivity index (χ0n) is 11.4. The maximum atomic E-state index is 12.0. The van der Waals surface area contributed by atoms with Gasteiger partial charge in [-0.05, 0) is 31.2 Å². The molecule has 7 heteroatoms. The molecule has 0 unspecified atom stereocenters. The van der Waals surface area contributed by atoms with Gasteiger partial charge in [-0.15, -0.1) is 0 Å². The van der Waals surface area contributed by atoms with Crippen LogP contribution in [0.5, 0.6) is 0 Å². The van der Waals surface area contributed by atoms with Crippen LogP contribution in [0.15, 0.2) is 36.5 Å². The fourth-order valence-corrected chi connectivity index (χ4v) is 1.77. The maximum absolute atomic E-state index is 12.0. The van der Waals surface area contributed by atoms with E-state index < -0.39 is 0 Å². The van der Waals surface area contributed by atoms with Crippen molar-refractivity contribution in [3.05, 3.63) is 47.1 Å². The number of halogens is 1. The van der Waals surface area contributed by atoms with E-state index in [2.05, 4.69) is 10.4 Å². The number of aromatic nitrogens is 2. The predicted octanol–water partition coefficient (Wildman–Crippen LogP) is 2.35. The molecule has 0 atom stereocenters. The zero-order valence-corrected chi connectivity index (χ0v) is 12.1. The summed E-state index contributed by atoms with van der Waals surface area (Å²) in [5.41, 5.74) is 0.472. The molecule has 1 aromatic heterocycles. The first-order chi connectivity index (χ1) is 10.1. The number of amides is 1. The number of benzene rings is 1. The summed E-state index contributed by atoms with van der Waals surface area (Å²) >= 11 is 5.76. The Labute approximate surface area is 126 Å². The quantitative estimate of drug-likeness (QED) is 0.861. The molecule has 0 saturated heterocycles. The van der Waals surface area contributed by atoms with Gasteiger partial charge in [0.2, 0.25) is 0 Å². The summed E-state index contributed by atoms with van der Waals surface area (Å²) in [6, 6.07) is 8.11. The average Bonchev–Trinajstić information content (AvgIpc) is 2.86. The lowest BCUT2D eigenvalue weighted by atomic mass is 10.2. The lowest BCUT2D eigenvalue weighted by molar-refractivity contribution is -0.144. The number of nitrogens with one attached hydrogen (secondary N) is 1. The molecule has 0 radical (unpaired) electrons. The number of esters is 1. The fraction of sp³-hybridized carbons (Fsp3) is 0.214. The van der Waals surface area contributed by atoms with Crippen LogP contribution in [0.1, 0.15) is 17.3 Å². The summed E-state index contributed by atoms with van der Waals surface area (Å²) in [6.07, 6.45) is 1.59. The highest BCUT2D eigenvalue weighted by atomic mass is 35.5. The van der Waals surface area contributed by atoms with Crippen molar-refractivity contribution in [2.45, 2.75) is 13.5 Å². The van der Waals surface area contributed by atoms with Crippen LogP contribution in [-0.4, -0.2) is 28.3 Å². The molecule has 1 N–H and O–H groups in total. The van der Waals surface area contributed by atoms with Crippen molar-refractivity contribution in [3.63, 3.8) is 0 Å². The number of anilines is 1. The number of carbonyl (C=O) groups excluding carboxylic acids is 2. The van der Waals surface area contributed by atoms with Crippen molar-refractivity contribution in [1.29, 1.82) is 0 Å². The van der Waals surface area contributed by atoms with Crippen LogP contribution in [0, 0.1) is 0 Å². The van der Waals surface area contributed by atoms with Gasteiger partial charge in [0.05, 0.1) is 6.61 Å². The molecule has 1 heterocycles. The van der Waals surface area contributed by atoms with E-state index in [1.54, 1.807) is 43.5 Å². The average molecular weight is 308 g/mol. The molecule has 1 aromatic carbocycles. The van der Waals surface area contributed by atoms with Crippen molar-refractivity contribution in [2.24, 2.45) is 0 Å². The number of carbonyl (C=O) groups is 2. The highest BCUT2D eigenvalue weighted by Gasteiger charge is 2.09. The molecular weight excluding hydrogens is 294 g/mol. The van der Waals surface area contributed by atoms with E-state index >= 15 is 0 Å². The van der Waals surface area contributed by atoms with Crippen molar-refractivity contribution < 1.29 is 14.3 Å². The number of hydrogen-bond acceptors (Lipinski definition) is 4. The molecule has 0 aliphatic rings. The number of nitrogens with zero attached hydrogens (tertiary/aromatic N) is 2. The van der Waals surface area contributed by atoms with Crippen molar-refractivity contribution in [3.8, 4) is 0 Å². The van der Waals surface area contributed by atoms with Crippen LogP contribution < -0.4 is 5.32 Å². The summed E-state index contributed by atoms with van der Waals surface area (Å²) in [5, 5.41) is 7.27. The van der Waals surface area contributed by atoms with Gasteiger partial charge in [0.1, 0.15) is 6.54 Å². The van der Waals surface area contributed by atoms with Gasteiger partial charge < -0.3 is 10.1 Å². The van der Waals surface area contributed by atoms with Gasteiger partial charge in [-0.2, -0.15) is 5.10 Å². The number of ether oxygens (including phenoxy) is 1. The Morgan fingerprint density at radius 2 is 2.00 bits per heavy atom. The molecule has 0 aliphatic carbocycles. The first-order valence-electron chi connectivity index (χ1n) is 6.34. The molecule has 110 valence electrons. The molecular formula is C14H14ClN3O3. The van der Waals surface area contributed by atoms with Gasteiger partial charge in [-0.1, -0.05) is 11.6 Å². The Bertz CT molecular complexity index is 637. The van der Waals surface area contributed by atoms with E-state index in [1.165, 1.54) is 4.68 Å². The van der Waals surface area contributed by atoms with E-state index in [0.29, 0.717) is 23.0 Å². The summed E-state index contributed by atoms with van der Waals surface area (Å²) in [5.74, 6) is -0.316. The number of rotatable bonds is 5. The molecule has 0 spiro atoms. The molecule has 0 aliphatic heterocycles. The minimum Gasteiger partial charge on any atom is -0.465 e. The fourth-order valence-electron chi connectivity index (χ4n) is 1.65. The highest BCUT2D eigenvalue weighted by molar-refractivity contribution is 6.30. The van der Waals surface area contributed by atoms with Crippen LogP contribution in [0.3, 0.4) is 0 Å². The van der Waals surface area contributed by atoms with Crippen molar-refractivity contribution in [1.82, 2.24) is 9.78 Å². The van der Waals surface area contributed by atoms with Gasteiger partial charge in [0.25, 0.3) is 5.91 Å². The molecule has 2 aromatic rings. The molecule has 6 nitrogen and oxygen atoms in total. The van der Waals surface area contributed by atoms with Gasteiger partial charge >= 0.3 is 5.97 Å². The Morgan fingerprint density at radius 3 is 2.67 bits per heavy atom. The highest BCUT2D eigenvalue weighted by Crippen LogP contribution is 2.11. The first kappa shape index (κ1) is 15.1. The number of hydrogen-bond donors (Lipinski definition) is 1. The van der Waals surface area contributed by atoms with Crippen LogP contribution in [0.4, 0.5) is 5.82 Å². The lowest BCUT2D eigenvalue weighted by Crippen LogP contribution is -2.15. The van der Waals surface area contributed by atoms with Gasteiger partial charge in [0, 0.05) is 22.8 Å². The van der Waals surface area contributed by atoms with Gasteiger partial charge in [-0.25, -0.2) is 0 Å². The SMILES string of the molecule is CCOC(=O)Cn1ccc(NC(=O)c2ccc(Cl)cc2)n1. The monoisotopic (exact) mass is 307 g/mol. The molecule has 0 fully saturated rings.